The van der Waals surface area contributed by atoms with Crippen LogP contribution in [0.1, 0.15) is 66.0 Å². The number of aromatic hydroxyl groups is 1. The quantitative estimate of drug-likeness (QED) is 0.610. The van der Waals surface area contributed by atoms with Crippen LogP contribution in [0.5, 0.6) is 11.5 Å². The van der Waals surface area contributed by atoms with Gasteiger partial charge in [0.25, 0.3) is 0 Å². The number of esters is 1. The highest BCUT2D eigenvalue weighted by atomic mass is 16.6. The number of carbonyl (C=O) groups is 1. The Balaban J connectivity index is 1.53. The summed E-state index contributed by atoms with van der Waals surface area (Å²) < 4.78 is 11.0. The van der Waals surface area contributed by atoms with Crippen LogP contribution in [0.4, 0.5) is 0 Å². The van der Waals surface area contributed by atoms with Gasteiger partial charge in [-0.1, -0.05) is 47.8 Å². The molecule has 6 rings (SSSR count). The standard InChI is InChI=1S/C30H36N2O5/c1-17-8-7-9-18(14-17)26-24(29(34)36-4)28(37-31-26)20-16-23(35-3)27(33)25-19(20)15-22-21-10-5-6-11-30(21,25)12-13-32(22)2/h7-9,14,16,21-22,24,28,33H,5-6,10-13,15H2,1-4H3/t21?,22?,24-,28+,30?/m1/s1. The van der Waals surface area contributed by atoms with Gasteiger partial charge in [0.05, 0.1) is 14.2 Å². The highest BCUT2D eigenvalue weighted by molar-refractivity contribution is 6.13. The number of ether oxygens (including phenoxy) is 2. The Morgan fingerprint density at radius 1 is 1.22 bits per heavy atom. The zero-order chi connectivity index (χ0) is 25.9. The minimum Gasteiger partial charge on any atom is -0.504 e. The van der Waals surface area contributed by atoms with E-state index in [-0.39, 0.29) is 17.1 Å². The van der Waals surface area contributed by atoms with Crippen molar-refractivity contribution in [3.05, 3.63) is 58.1 Å². The van der Waals surface area contributed by atoms with Crippen LogP contribution in [0.3, 0.4) is 0 Å². The Hall–Kier alpha value is -3.06. The Morgan fingerprint density at radius 2 is 2.05 bits per heavy atom. The first-order valence-electron chi connectivity index (χ1n) is 13.4. The second-order valence-electron chi connectivity index (χ2n) is 11.3. The molecule has 2 bridgehead atoms. The van der Waals surface area contributed by atoms with Crippen LogP contribution in [0, 0.1) is 18.8 Å². The Bertz CT molecular complexity index is 1270. The Kier molecular flexibility index (Phi) is 5.94. The van der Waals surface area contributed by atoms with Gasteiger partial charge in [-0.05, 0) is 63.7 Å². The first kappa shape index (κ1) is 24.3. The van der Waals surface area contributed by atoms with Crippen molar-refractivity contribution in [3.8, 4) is 11.5 Å². The molecule has 1 N–H and O–H groups in total. The van der Waals surface area contributed by atoms with Gasteiger partial charge in [0.15, 0.2) is 17.6 Å². The third kappa shape index (κ3) is 3.57. The number of carbonyl (C=O) groups excluding carboxylic acids is 1. The maximum Gasteiger partial charge on any atom is 0.319 e. The minimum atomic E-state index is -0.718. The molecule has 2 aromatic rings. The van der Waals surface area contributed by atoms with E-state index in [0.29, 0.717) is 23.4 Å². The monoisotopic (exact) mass is 504 g/mol. The fourth-order valence-corrected chi connectivity index (χ4v) is 7.81. The van der Waals surface area contributed by atoms with E-state index in [1.165, 1.54) is 20.0 Å². The number of oxime groups is 1. The molecule has 2 fully saturated rings. The number of methoxy groups -OCH3 is 2. The first-order valence-corrected chi connectivity index (χ1v) is 13.4. The number of benzene rings is 2. The molecule has 5 atom stereocenters. The van der Waals surface area contributed by atoms with E-state index in [1.807, 2.05) is 37.3 Å². The smallest absolute Gasteiger partial charge is 0.319 e. The summed E-state index contributed by atoms with van der Waals surface area (Å²) in [5.74, 6) is 0.0812. The zero-order valence-electron chi connectivity index (χ0n) is 22.1. The van der Waals surface area contributed by atoms with Gasteiger partial charge < -0.3 is 24.3 Å². The summed E-state index contributed by atoms with van der Waals surface area (Å²) in [4.78, 5) is 21.9. The number of nitrogens with zero attached hydrogens (tertiary/aromatic N) is 2. The summed E-state index contributed by atoms with van der Waals surface area (Å²) in [5, 5.41) is 16.0. The lowest BCUT2D eigenvalue weighted by Crippen LogP contribution is -2.60. The lowest BCUT2D eigenvalue weighted by Gasteiger charge is -2.58. The molecule has 0 aromatic heterocycles. The largest absolute Gasteiger partial charge is 0.504 e. The SMILES string of the molecule is COC(=O)[C@@H]1C(c2cccc(C)c2)=NO[C@H]1c1cc(OC)c(O)c2c1CC1C3CCCCC23CCN1C. The van der Waals surface area contributed by atoms with E-state index in [4.69, 9.17) is 14.3 Å². The van der Waals surface area contributed by atoms with E-state index in [0.717, 1.165) is 60.0 Å². The number of phenols is 1. The number of fused-ring (bicyclic) bond motifs is 1. The summed E-state index contributed by atoms with van der Waals surface area (Å²) in [6, 6.07) is 10.2. The highest BCUT2D eigenvalue weighted by Crippen LogP contribution is 2.60. The number of hydrogen-bond donors (Lipinski definition) is 1. The summed E-state index contributed by atoms with van der Waals surface area (Å²) in [6.45, 7) is 3.03. The molecule has 1 saturated carbocycles. The number of aryl methyl sites for hydroxylation is 1. The number of phenolic OH excluding ortho intramolecular Hbond substituents is 1. The highest BCUT2D eigenvalue weighted by Gasteiger charge is 2.56. The fraction of sp³-hybridized carbons (Fsp3) is 0.533. The molecule has 7 nitrogen and oxygen atoms in total. The van der Waals surface area contributed by atoms with Crippen LogP contribution >= 0.6 is 0 Å². The number of piperidine rings is 1. The van der Waals surface area contributed by atoms with Gasteiger partial charge in [0, 0.05) is 28.1 Å². The molecule has 2 aromatic carbocycles. The van der Waals surface area contributed by atoms with Gasteiger partial charge in [-0.2, -0.15) is 0 Å². The van der Waals surface area contributed by atoms with Gasteiger partial charge in [0.1, 0.15) is 11.6 Å². The topological polar surface area (TPSA) is 80.6 Å². The molecule has 2 aliphatic carbocycles. The molecule has 37 heavy (non-hydrogen) atoms. The van der Waals surface area contributed by atoms with Crippen LogP contribution < -0.4 is 4.74 Å². The molecule has 7 heteroatoms. The molecular formula is C30H36N2O5. The third-order valence-corrected chi connectivity index (χ3v) is 9.51. The molecule has 1 saturated heterocycles. The predicted octanol–water partition coefficient (Wildman–Crippen LogP) is 4.66. The summed E-state index contributed by atoms with van der Waals surface area (Å²) in [6.07, 6.45) is 5.77. The van der Waals surface area contributed by atoms with Crippen LogP contribution in [0.2, 0.25) is 0 Å². The van der Waals surface area contributed by atoms with E-state index in [2.05, 4.69) is 17.1 Å². The van der Waals surface area contributed by atoms with Crippen molar-refractivity contribution in [2.75, 3.05) is 27.8 Å². The molecule has 196 valence electrons. The van der Waals surface area contributed by atoms with Crippen molar-refractivity contribution < 1.29 is 24.2 Å². The molecule has 3 unspecified atom stereocenters. The number of hydrogen-bond acceptors (Lipinski definition) is 7. The molecule has 4 aliphatic rings. The molecule has 0 spiro atoms. The summed E-state index contributed by atoms with van der Waals surface area (Å²) >= 11 is 0. The van der Waals surface area contributed by atoms with Gasteiger partial charge in [0.2, 0.25) is 0 Å². The maximum atomic E-state index is 13.3. The second-order valence-corrected chi connectivity index (χ2v) is 11.3. The van der Waals surface area contributed by atoms with Crippen molar-refractivity contribution in [2.24, 2.45) is 17.0 Å². The van der Waals surface area contributed by atoms with Gasteiger partial charge in [-0.3, -0.25) is 4.79 Å². The van der Waals surface area contributed by atoms with E-state index in [1.54, 1.807) is 7.11 Å². The average molecular weight is 505 g/mol. The number of likely N-dealkylation sites (tertiary alicyclic amines) is 1. The van der Waals surface area contributed by atoms with Crippen molar-refractivity contribution in [3.63, 3.8) is 0 Å². The Labute approximate surface area is 218 Å². The summed E-state index contributed by atoms with van der Waals surface area (Å²) in [7, 11) is 5.21. The van der Waals surface area contributed by atoms with E-state index < -0.39 is 12.0 Å². The molecule has 0 amide bonds. The Morgan fingerprint density at radius 3 is 2.81 bits per heavy atom. The normalized spacial score (nSPS) is 30.5. The fourth-order valence-electron chi connectivity index (χ4n) is 7.81. The van der Waals surface area contributed by atoms with Crippen LogP contribution in [-0.4, -0.2) is 55.5 Å². The number of rotatable bonds is 4. The van der Waals surface area contributed by atoms with E-state index in [9.17, 15) is 9.90 Å². The lowest BCUT2D eigenvalue weighted by molar-refractivity contribution is -0.146. The van der Waals surface area contributed by atoms with Crippen molar-refractivity contribution in [2.45, 2.75) is 63.0 Å². The van der Waals surface area contributed by atoms with Gasteiger partial charge >= 0.3 is 5.97 Å². The third-order valence-electron chi connectivity index (χ3n) is 9.51. The van der Waals surface area contributed by atoms with Crippen molar-refractivity contribution in [1.29, 1.82) is 0 Å². The van der Waals surface area contributed by atoms with Crippen LogP contribution in [-0.2, 0) is 26.2 Å². The zero-order valence-corrected chi connectivity index (χ0v) is 22.1. The summed E-state index contributed by atoms with van der Waals surface area (Å²) in [5.41, 5.74) is 5.39. The van der Waals surface area contributed by atoms with Gasteiger partial charge in [-0.25, -0.2) is 0 Å². The lowest BCUT2D eigenvalue weighted by atomic mass is 9.51. The molecular weight excluding hydrogens is 468 g/mol. The molecule has 2 heterocycles. The molecule has 2 aliphatic heterocycles. The van der Waals surface area contributed by atoms with Gasteiger partial charge in [-0.15, -0.1) is 0 Å². The first-order chi connectivity index (χ1) is 17.9. The number of likely N-dealkylation sites (N-methyl/N-ethyl adjacent to an activating group) is 1. The van der Waals surface area contributed by atoms with Crippen molar-refractivity contribution >= 4 is 11.7 Å². The van der Waals surface area contributed by atoms with Crippen LogP contribution in [0.25, 0.3) is 0 Å². The predicted molar refractivity (Wildman–Crippen MR) is 140 cm³/mol. The van der Waals surface area contributed by atoms with Crippen molar-refractivity contribution in [1.82, 2.24) is 4.90 Å². The maximum absolute atomic E-state index is 13.3. The second kappa shape index (κ2) is 9.05. The average Bonchev–Trinajstić information content (AvgIpc) is 3.35. The minimum absolute atomic E-state index is 0.0873. The molecule has 0 radical (unpaired) electrons. The van der Waals surface area contributed by atoms with E-state index >= 15 is 0 Å². The van der Waals surface area contributed by atoms with Crippen LogP contribution in [0.15, 0.2) is 35.5 Å².